The quantitative estimate of drug-likeness (QED) is 0.694. The van der Waals surface area contributed by atoms with Gasteiger partial charge in [0.2, 0.25) is 11.9 Å². The Hall–Kier alpha value is -3.48. The summed E-state index contributed by atoms with van der Waals surface area (Å²) < 4.78 is 1.99. The first-order valence-corrected chi connectivity index (χ1v) is 7.75. The number of aromatic nitrogens is 4. The van der Waals surface area contributed by atoms with Crippen molar-refractivity contribution in [1.82, 2.24) is 24.8 Å². The number of carbonyl (C=O) groups excluding carboxylic acids is 1. The summed E-state index contributed by atoms with van der Waals surface area (Å²) in [6, 6.07) is 7.88. The van der Waals surface area contributed by atoms with Crippen molar-refractivity contribution in [1.29, 1.82) is 0 Å². The van der Waals surface area contributed by atoms with Crippen LogP contribution in [0.4, 0.5) is 5.95 Å². The molecule has 0 aliphatic carbocycles. The lowest BCUT2D eigenvalue weighted by molar-refractivity contribution is -0.116. The first-order chi connectivity index (χ1) is 12.1. The average molecular weight is 334 g/mol. The minimum absolute atomic E-state index is 0.200. The third-order valence-corrected chi connectivity index (χ3v) is 3.65. The molecule has 0 fully saturated rings. The molecule has 2 aromatic heterocycles. The van der Waals surface area contributed by atoms with Gasteiger partial charge in [-0.3, -0.25) is 4.79 Å². The Labute approximate surface area is 145 Å². The maximum absolute atomic E-state index is 12.0. The van der Waals surface area contributed by atoms with Gasteiger partial charge in [-0.1, -0.05) is 18.2 Å². The van der Waals surface area contributed by atoms with E-state index in [1.165, 1.54) is 6.08 Å². The van der Waals surface area contributed by atoms with Crippen molar-refractivity contribution in [3.05, 3.63) is 72.1 Å². The number of amides is 1. The van der Waals surface area contributed by atoms with Gasteiger partial charge in [-0.25, -0.2) is 15.0 Å². The maximum Gasteiger partial charge on any atom is 0.244 e. The van der Waals surface area contributed by atoms with Crippen molar-refractivity contribution in [3.63, 3.8) is 0 Å². The number of benzene rings is 1. The van der Waals surface area contributed by atoms with E-state index in [9.17, 15) is 4.79 Å². The Morgan fingerprint density at radius 2 is 2.00 bits per heavy atom. The van der Waals surface area contributed by atoms with E-state index in [0.29, 0.717) is 12.1 Å². The van der Waals surface area contributed by atoms with Crippen LogP contribution in [0.15, 0.2) is 55.1 Å². The van der Waals surface area contributed by atoms with E-state index in [1.807, 2.05) is 42.0 Å². The van der Waals surface area contributed by atoms with E-state index < -0.39 is 0 Å². The zero-order valence-corrected chi connectivity index (χ0v) is 13.8. The number of nitrogens with zero attached hydrogens (tertiary/aromatic N) is 4. The van der Waals surface area contributed by atoms with Crippen LogP contribution in [0.2, 0.25) is 0 Å². The predicted octanol–water partition coefficient (Wildman–Crippen LogP) is 1.88. The predicted molar refractivity (Wildman–Crippen MR) is 95.6 cm³/mol. The van der Waals surface area contributed by atoms with Gasteiger partial charge in [0.1, 0.15) is 5.82 Å². The van der Waals surface area contributed by atoms with Crippen molar-refractivity contribution < 1.29 is 4.79 Å². The number of para-hydroxylation sites is 1. The number of hydrogen-bond donors (Lipinski definition) is 2. The lowest BCUT2D eigenvalue weighted by atomic mass is 10.1. The highest BCUT2D eigenvalue weighted by atomic mass is 16.1. The van der Waals surface area contributed by atoms with Gasteiger partial charge in [-0.05, 0) is 24.6 Å². The Balaban J connectivity index is 1.67. The Kier molecular flexibility index (Phi) is 4.84. The fourth-order valence-electron chi connectivity index (χ4n) is 2.38. The third kappa shape index (κ3) is 4.08. The molecule has 0 bridgehead atoms. The molecule has 3 aromatic rings. The highest BCUT2D eigenvalue weighted by molar-refractivity contribution is 5.91. The Morgan fingerprint density at radius 1 is 1.24 bits per heavy atom. The monoisotopic (exact) mass is 334 g/mol. The number of nitrogens with one attached hydrogen (secondary N) is 1. The van der Waals surface area contributed by atoms with Crippen LogP contribution in [0, 0.1) is 6.92 Å². The normalized spacial score (nSPS) is 10.9. The number of imidazole rings is 1. The summed E-state index contributed by atoms with van der Waals surface area (Å²) in [7, 11) is 0. The highest BCUT2D eigenvalue weighted by Gasteiger charge is 2.07. The highest BCUT2D eigenvalue weighted by Crippen LogP contribution is 2.16. The van der Waals surface area contributed by atoms with Gasteiger partial charge >= 0.3 is 0 Å². The molecular formula is C18H18N6O. The van der Waals surface area contributed by atoms with Crippen LogP contribution in [-0.2, 0) is 11.3 Å². The van der Waals surface area contributed by atoms with Crippen LogP contribution in [0.1, 0.15) is 17.0 Å². The first-order valence-electron chi connectivity index (χ1n) is 7.75. The van der Waals surface area contributed by atoms with Gasteiger partial charge < -0.3 is 15.6 Å². The van der Waals surface area contributed by atoms with E-state index in [2.05, 4.69) is 20.3 Å². The minimum atomic E-state index is -0.200. The Bertz CT molecular complexity index is 898. The molecule has 0 atom stereocenters. The summed E-state index contributed by atoms with van der Waals surface area (Å²) in [6.45, 7) is 2.35. The van der Waals surface area contributed by atoms with Crippen molar-refractivity contribution in [3.8, 4) is 5.69 Å². The molecule has 0 saturated heterocycles. The van der Waals surface area contributed by atoms with Crippen molar-refractivity contribution in [2.24, 2.45) is 0 Å². The zero-order chi connectivity index (χ0) is 17.6. The summed E-state index contributed by atoms with van der Waals surface area (Å²) >= 11 is 0. The van der Waals surface area contributed by atoms with Crippen LogP contribution >= 0.6 is 0 Å². The summed E-state index contributed by atoms with van der Waals surface area (Å²) in [4.78, 5) is 24.0. The van der Waals surface area contributed by atoms with Crippen molar-refractivity contribution in [2.45, 2.75) is 13.5 Å². The molecule has 1 amide bonds. The van der Waals surface area contributed by atoms with Gasteiger partial charge in [0.05, 0.1) is 5.69 Å². The number of rotatable bonds is 5. The van der Waals surface area contributed by atoms with Crippen LogP contribution in [0.25, 0.3) is 11.8 Å². The summed E-state index contributed by atoms with van der Waals surface area (Å²) in [5, 5.41) is 2.88. The molecule has 25 heavy (non-hydrogen) atoms. The van der Waals surface area contributed by atoms with Crippen LogP contribution in [-0.4, -0.2) is 25.4 Å². The standard InChI is InChI=1S/C18H18N6O/c1-13-20-8-9-24(13)16-5-3-2-4-15(16)12-21-17(25)7-6-14-10-22-18(19)23-11-14/h2-11H,12H2,1H3,(H,21,25)(H2,19,22,23). The second-order valence-electron chi connectivity index (χ2n) is 5.40. The van der Waals surface area contributed by atoms with E-state index in [0.717, 1.165) is 17.1 Å². The number of aryl methyl sites for hydroxylation is 1. The first kappa shape index (κ1) is 16.4. The van der Waals surface area contributed by atoms with Crippen molar-refractivity contribution in [2.75, 3.05) is 5.73 Å². The van der Waals surface area contributed by atoms with E-state index in [4.69, 9.17) is 5.73 Å². The van der Waals surface area contributed by atoms with Crippen LogP contribution in [0.5, 0.6) is 0 Å². The molecule has 0 saturated carbocycles. The summed E-state index contributed by atoms with van der Waals surface area (Å²) in [5.74, 6) is 0.893. The topological polar surface area (TPSA) is 98.7 Å². The second kappa shape index (κ2) is 7.39. The number of anilines is 1. The molecule has 1 aromatic carbocycles. The summed E-state index contributed by atoms with van der Waals surface area (Å²) in [6.07, 6.45) is 9.85. The zero-order valence-electron chi connectivity index (χ0n) is 13.8. The average Bonchev–Trinajstić information content (AvgIpc) is 3.05. The molecule has 0 unspecified atom stereocenters. The third-order valence-electron chi connectivity index (χ3n) is 3.65. The fourth-order valence-corrected chi connectivity index (χ4v) is 2.38. The molecule has 0 radical (unpaired) electrons. The number of nitrogen functional groups attached to an aromatic ring is 1. The van der Waals surface area contributed by atoms with Gasteiger partial charge in [0.15, 0.2) is 0 Å². The lowest BCUT2D eigenvalue weighted by Crippen LogP contribution is -2.21. The molecule has 3 rings (SSSR count). The van der Waals surface area contributed by atoms with Gasteiger partial charge in [0, 0.05) is 43.0 Å². The largest absolute Gasteiger partial charge is 0.368 e. The smallest absolute Gasteiger partial charge is 0.244 e. The van der Waals surface area contributed by atoms with Crippen LogP contribution in [0.3, 0.4) is 0 Å². The maximum atomic E-state index is 12.0. The molecule has 7 heteroatoms. The van der Waals surface area contributed by atoms with E-state index in [-0.39, 0.29) is 11.9 Å². The minimum Gasteiger partial charge on any atom is -0.368 e. The molecule has 0 spiro atoms. The molecule has 0 aliphatic heterocycles. The van der Waals surface area contributed by atoms with E-state index >= 15 is 0 Å². The molecular weight excluding hydrogens is 316 g/mol. The van der Waals surface area contributed by atoms with Crippen molar-refractivity contribution >= 4 is 17.9 Å². The SMILES string of the molecule is Cc1nccn1-c1ccccc1CNC(=O)C=Cc1cnc(N)nc1. The summed E-state index contributed by atoms with van der Waals surface area (Å²) in [5.41, 5.74) is 8.13. The lowest BCUT2D eigenvalue weighted by Gasteiger charge is -2.12. The Morgan fingerprint density at radius 3 is 2.72 bits per heavy atom. The van der Waals surface area contributed by atoms with Crippen LogP contribution < -0.4 is 11.1 Å². The molecule has 7 nitrogen and oxygen atoms in total. The number of hydrogen-bond acceptors (Lipinski definition) is 5. The molecule has 2 heterocycles. The van der Waals surface area contributed by atoms with Gasteiger partial charge in [-0.15, -0.1) is 0 Å². The van der Waals surface area contributed by atoms with Gasteiger partial charge in [0.25, 0.3) is 0 Å². The molecule has 0 aliphatic rings. The van der Waals surface area contributed by atoms with Gasteiger partial charge in [-0.2, -0.15) is 0 Å². The second-order valence-corrected chi connectivity index (χ2v) is 5.40. The molecule has 3 N–H and O–H groups in total. The fraction of sp³-hybridized carbons (Fsp3) is 0.111. The number of nitrogens with two attached hydrogens (primary N) is 1. The van der Waals surface area contributed by atoms with E-state index in [1.54, 1.807) is 24.7 Å². The number of carbonyl (C=O) groups is 1. The molecule has 126 valence electrons.